The molecule has 2 aromatic rings. The van der Waals surface area contributed by atoms with Crippen LogP contribution in [0, 0.1) is 5.92 Å². The van der Waals surface area contributed by atoms with Gasteiger partial charge in [0, 0.05) is 10.7 Å². The van der Waals surface area contributed by atoms with Crippen LogP contribution in [0.5, 0.6) is 0 Å². The van der Waals surface area contributed by atoms with Crippen LogP contribution < -0.4 is 10.7 Å². The summed E-state index contributed by atoms with van der Waals surface area (Å²) in [6.07, 6.45) is 5.03. The summed E-state index contributed by atoms with van der Waals surface area (Å²) >= 11 is 3.34. The first-order valence-electron chi connectivity index (χ1n) is 7.68. The number of nitrogens with one attached hydrogen (secondary N) is 2. The van der Waals surface area contributed by atoms with Crippen molar-refractivity contribution >= 4 is 45.7 Å². The van der Waals surface area contributed by atoms with Crippen LogP contribution in [0.15, 0.2) is 70.2 Å². The highest BCUT2D eigenvalue weighted by Gasteiger charge is 2.21. The number of hydrogen-bond donors (Lipinski definition) is 2. The van der Waals surface area contributed by atoms with Gasteiger partial charge in [-0.15, -0.1) is 0 Å². The van der Waals surface area contributed by atoms with Gasteiger partial charge in [0.15, 0.2) is 0 Å². The van der Waals surface area contributed by atoms with Crippen LogP contribution in [-0.4, -0.2) is 18.0 Å². The molecule has 2 N–H and O–H groups in total. The molecule has 0 aliphatic heterocycles. The molecule has 25 heavy (non-hydrogen) atoms. The third-order valence-corrected chi connectivity index (χ3v) is 4.03. The highest BCUT2D eigenvalue weighted by Crippen LogP contribution is 2.21. The molecule has 0 saturated carbocycles. The summed E-state index contributed by atoms with van der Waals surface area (Å²) in [6, 6.07) is 16.9. The van der Waals surface area contributed by atoms with E-state index in [4.69, 9.17) is 0 Å². The second kappa shape index (κ2) is 9.54. The third kappa shape index (κ3) is 6.00. The molecule has 2 rings (SSSR count). The van der Waals surface area contributed by atoms with Gasteiger partial charge in [-0.2, -0.15) is 5.10 Å². The van der Waals surface area contributed by atoms with Crippen molar-refractivity contribution in [3.8, 4) is 0 Å². The number of hydrazone groups is 1. The molecule has 6 heteroatoms. The maximum absolute atomic E-state index is 12.1. The second-order valence-corrected chi connectivity index (χ2v) is 6.07. The van der Waals surface area contributed by atoms with Crippen molar-refractivity contribution in [2.45, 2.75) is 6.92 Å². The smallest absolute Gasteiger partial charge is 0.252 e. The van der Waals surface area contributed by atoms with Crippen LogP contribution in [0.25, 0.3) is 6.08 Å². The van der Waals surface area contributed by atoms with E-state index in [1.54, 1.807) is 18.2 Å². The number of carbonyl (C=O) groups excluding carboxylic acids is 2. The van der Waals surface area contributed by atoms with Gasteiger partial charge in [-0.3, -0.25) is 9.59 Å². The van der Waals surface area contributed by atoms with E-state index in [1.807, 2.05) is 48.5 Å². The minimum absolute atomic E-state index is 0.403. The fraction of sp³-hybridized carbons (Fsp3) is 0.105. The lowest BCUT2D eigenvalue weighted by atomic mass is 10.1. The van der Waals surface area contributed by atoms with Crippen molar-refractivity contribution in [2.24, 2.45) is 11.0 Å². The molecule has 128 valence electrons. The number of halogens is 1. The number of hydrogen-bond acceptors (Lipinski definition) is 3. The maximum atomic E-state index is 12.1. The van der Waals surface area contributed by atoms with Gasteiger partial charge in [-0.05, 0) is 46.6 Å². The fourth-order valence-corrected chi connectivity index (χ4v) is 2.27. The van der Waals surface area contributed by atoms with Crippen molar-refractivity contribution in [1.29, 1.82) is 0 Å². The summed E-state index contributed by atoms with van der Waals surface area (Å²) in [5.74, 6) is -1.75. The van der Waals surface area contributed by atoms with E-state index in [9.17, 15) is 9.59 Å². The van der Waals surface area contributed by atoms with Gasteiger partial charge in [-0.25, -0.2) is 5.43 Å². The molecule has 0 heterocycles. The average molecular weight is 400 g/mol. The van der Waals surface area contributed by atoms with Gasteiger partial charge in [0.25, 0.3) is 5.91 Å². The molecule has 0 aromatic heterocycles. The largest absolute Gasteiger partial charge is 0.324 e. The van der Waals surface area contributed by atoms with Crippen LogP contribution in [0.1, 0.15) is 12.5 Å². The Kier molecular flexibility index (Phi) is 7.10. The SMILES string of the molecule is CC(C(=O)NN=CC=Cc1ccccc1)C(=O)Nc1ccccc1Br. The van der Waals surface area contributed by atoms with Gasteiger partial charge in [0.05, 0.1) is 5.69 Å². The van der Waals surface area contributed by atoms with Crippen molar-refractivity contribution in [3.63, 3.8) is 0 Å². The first kappa shape index (κ1) is 18.6. The number of amides is 2. The Morgan fingerprint density at radius 2 is 1.72 bits per heavy atom. The summed E-state index contributed by atoms with van der Waals surface area (Å²) in [5, 5.41) is 6.52. The molecule has 0 spiro atoms. The molecule has 0 fully saturated rings. The Morgan fingerprint density at radius 1 is 1.04 bits per heavy atom. The summed E-state index contributed by atoms with van der Waals surface area (Å²) in [6.45, 7) is 1.52. The van der Waals surface area contributed by atoms with Gasteiger partial charge in [-0.1, -0.05) is 48.5 Å². The number of carbonyl (C=O) groups is 2. The zero-order valence-electron chi connectivity index (χ0n) is 13.6. The Balaban J connectivity index is 1.83. The fourth-order valence-electron chi connectivity index (χ4n) is 1.88. The minimum Gasteiger partial charge on any atom is -0.324 e. The summed E-state index contributed by atoms with van der Waals surface area (Å²) in [4.78, 5) is 24.1. The zero-order valence-corrected chi connectivity index (χ0v) is 15.2. The summed E-state index contributed by atoms with van der Waals surface area (Å²) < 4.78 is 0.750. The molecule has 5 nitrogen and oxygen atoms in total. The lowest BCUT2D eigenvalue weighted by Crippen LogP contribution is -2.34. The highest BCUT2D eigenvalue weighted by molar-refractivity contribution is 9.10. The van der Waals surface area contributed by atoms with E-state index < -0.39 is 17.7 Å². The molecular formula is C19H18BrN3O2. The van der Waals surface area contributed by atoms with Gasteiger partial charge in [0.1, 0.15) is 5.92 Å². The predicted molar refractivity (Wildman–Crippen MR) is 104 cm³/mol. The Morgan fingerprint density at radius 3 is 2.44 bits per heavy atom. The summed E-state index contributed by atoms with van der Waals surface area (Å²) in [7, 11) is 0. The standard InChI is InChI=1S/C19H18BrN3O2/c1-14(18(24)22-17-12-6-5-11-16(17)20)19(25)23-21-13-7-10-15-8-3-2-4-9-15/h2-14H,1H3,(H,22,24)(H,23,25). The number of para-hydroxylation sites is 1. The van der Waals surface area contributed by atoms with Crippen LogP contribution >= 0.6 is 15.9 Å². The average Bonchev–Trinajstić information content (AvgIpc) is 2.63. The molecule has 0 radical (unpaired) electrons. The molecule has 0 aliphatic rings. The number of allylic oxidation sites excluding steroid dienone is 1. The van der Waals surface area contributed by atoms with Gasteiger partial charge >= 0.3 is 0 Å². The highest BCUT2D eigenvalue weighted by atomic mass is 79.9. The Labute approximate surface area is 155 Å². The molecule has 0 saturated heterocycles. The van der Waals surface area contributed by atoms with E-state index >= 15 is 0 Å². The molecule has 1 unspecified atom stereocenters. The van der Waals surface area contributed by atoms with E-state index in [0.717, 1.165) is 10.0 Å². The van der Waals surface area contributed by atoms with Gasteiger partial charge < -0.3 is 5.32 Å². The maximum Gasteiger partial charge on any atom is 0.252 e. The zero-order chi connectivity index (χ0) is 18.1. The molecule has 1 atom stereocenters. The minimum atomic E-state index is -0.873. The summed E-state index contributed by atoms with van der Waals surface area (Å²) in [5.41, 5.74) is 4.00. The van der Waals surface area contributed by atoms with E-state index in [-0.39, 0.29) is 0 Å². The van der Waals surface area contributed by atoms with Gasteiger partial charge in [0.2, 0.25) is 5.91 Å². The predicted octanol–water partition coefficient (Wildman–Crippen LogP) is 3.84. The van der Waals surface area contributed by atoms with Crippen LogP contribution in [0.2, 0.25) is 0 Å². The molecule has 2 aromatic carbocycles. The lowest BCUT2D eigenvalue weighted by Gasteiger charge is -2.11. The van der Waals surface area contributed by atoms with Crippen LogP contribution in [-0.2, 0) is 9.59 Å². The Hall–Kier alpha value is -2.73. The quantitative estimate of drug-likeness (QED) is 0.440. The number of nitrogens with zero attached hydrogens (tertiary/aromatic N) is 1. The van der Waals surface area contributed by atoms with Crippen molar-refractivity contribution in [3.05, 3.63) is 70.7 Å². The van der Waals surface area contributed by atoms with Crippen molar-refractivity contribution in [2.75, 3.05) is 5.32 Å². The Bertz CT molecular complexity index is 788. The third-order valence-electron chi connectivity index (χ3n) is 3.34. The molecule has 0 bridgehead atoms. The number of benzene rings is 2. The monoisotopic (exact) mass is 399 g/mol. The second-order valence-electron chi connectivity index (χ2n) is 5.21. The van der Waals surface area contributed by atoms with Crippen LogP contribution in [0.3, 0.4) is 0 Å². The van der Waals surface area contributed by atoms with Crippen molar-refractivity contribution in [1.82, 2.24) is 5.43 Å². The molecule has 2 amide bonds. The molecular weight excluding hydrogens is 382 g/mol. The van der Waals surface area contributed by atoms with Crippen molar-refractivity contribution < 1.29 is 9.59 Å². The van der Waals surface area contributed by atoms with E-state index in [1.165, 1.54) is 13.1 Å². The van der Waals surface area contributed by atoms with E-state index in [2.05, 4.69) is 31.8 Å². The normalized spacial score (nSPS) is 12.2. The number of anilines is 1. The lowest BCUT2D eigenvalue weighted by molar-refractivity contribution is -0.131. The van der Waals surface area contributed by atoms with E-state index in [0.29, 0.717) is 5.69 Å². The van der Waals surface area contributed by atoms with Crippen LogP contribution in [0.4, 0.5) is 5.69 Å². The number of rotatable bonds is 6. The first-order valence-corrected chi connectivity index (χ1v) is 8.47. The molecule has 0 aliphatic carbocycles. The topological polar surface area (TPSA) is 70.6 Å². The first-order chi connectivity index (χ1) is 12.1.